The molecule has 0 saturated carbocycles. The number of carbonyl (C=O) groups excluding carboxylic acids is 1. The van der Waals surface area contributed by atoms with Crippen molar-refractivity contribution in [1.29, 1.82) is 0 Å². The molecule has 3 aliphatic heterocycles. The van der Waals surface area contributed by atoms with Gasteiger partial charge in [0.15, 0.2) is 0 Å². The number of thiazole rings is 1. The Morgan fingerprint density at radius 3 is 2.79 bits per heavy atom. The van der Waals surface area contributed by atoms with Crippen molar-refractivity contribution in [2.24, 2.45) is 0 Å². The third-order valence-electron chi connectivity index (χ3n) is 6.35. The van der Waals surface area contributed by atoms with E-state index in [4.69, 9.17) is 4.74 Å². The molecule has 8 nitrogen and oxygen atoms in total. The van der Waals surface area contributed by atoms with E-state index in [0.29, 0.717) is 36.0 Å². The van der Waals surface area contributed by atoms with Crippen molar-refractivity contribution in [1.82, 2.24) is 31.2 Å². The minimum atomic E-state index is -4.44. The van der Waals surface area contributed by atoms with Gasteiger partial charge in [0, 0.05) is 25.7 Å². The zero-order chi connectivity index (χ0) is 23.0. The Kier molecular flexibility index (Phi) is 6.56. The van der Waals surface area contributed by atoms with Gasteiger partial charge in [-0.05, 0) is 37.6 Å². The highest BCUT2D eigenvalue weighted by Crippen LogP contribution is 2.35. The molecule has 3 aliphatic rings. The number of hydrogen-bond donors (Lipinski definition) is 4. The van der Waals surface area contributed by atoms with Crippen molar-refractivity contribution >= 4 is 27.5 Å². The number of halogens is 3. The van der Waals surface area contributed by atoms with E-state index in [2.05, 4.69) is 31.2 Å². The number of benzene rings is 1. The zero-order valence-electron chi connectivity index (χ0n) is 18.0. The molecule has 5 rings (SSSR count). The Bertz CT molecular complexity index is 990. The largest absolute Gasteiger partial charge is 0.416 e. The first-order valence-corrected chi connectivity index (χ1v) is 12.0. The molecule has 12 heteroatoms. The lowest BCUT2D eigenvalue weighted by Crippen LogP contribution is -2.71. The van der Waals surface area contributed by atoms with E-state index < -0.39 is 23.8 Å². The van der Waals surface area contributed by atoms with Crippen LogP contribution in [0.3, 0.4) is 0 Å². The highest BCUT2D eigenvalue weighted by atomic mass is 32.1. The van der Waals surface area contributed by atoms with Crippen molar-refractivity contribution in [2.75, 3.05) is 39.4 Å². The van der Waals surface area contributed by atoms with Gasteiger partial charge in [-0.25, -0.2) is 4.98 Å². The Balaban J connectivity index is 1.43. The summed E-state index contributed by atoms with van der Waals surface area (Å²) in [6.45, 7) is 4.35. The molecule has 0 spiro atoms. The lowest BCUT2D eigenvalue weighted by Gasteiger charge is -2.44. The summed E-state index contributed by atoms with van der Waals surface area (Å²) in [6.07, 6.45) is -3.17. The molecular weight excluding hydrogens is 457 g/mol. The van der Waals surface area contributed by atoms with Gasteiger partial charge in [-0.15, -0.1) is 11.3 Å². The second-order valence-electron chi connectivity index (χ2n) is 8.62. The summed E-state index contributed by atoms with van der Waals surface area (Å²) in [5, 5.41) is 14.0. The van der Waals surface area contributed by atoms with Gasteiger partial charge in [0.1, 0.15) is 17.2 Å². The van der Waals surface area contributed by atoms with Crippen LogP contribution in [0.2, 0.25) is 0 Å². The highest BCUT2D eigenvalue weighted by Gasteiger charge is 2.42. The van der Waals surface area contributed by atoms with Crippen molar-refractivity contribution in [3.05, 3.63) is 28.8 Å². The van der Waals surface area contributed by atoms with Crippen LogP contribution in [0.5, 0.6) is 0 Å². The fourth-order valence-electron chi connectivity index (χ4n) is 4.62. The molecule has 0 aliphatic carbocycles. The SMILES string of the molecule is O=C1NC(N2CCOCC2)NC(N[C@@H]2CCCNC2)C1c1nc2cc(C(F)(F)F)ccc2s1. The number of aromatic nitrogens is 1. The van der Waals surface area contributed by atoms with Crippen LogP contribution < -0.4 is 21.3 Å². The summed E-state index contributed by atoms with van der Waals surface area (Å²) in [4.78, 5) is 19.9. The fourth-order valence-corrected chi connectivity index (χ4v) is 5.70. The highest BCUT2D eigenvalue weighted by molar-refractivity contribution is 7.18. The van der Waals surface area contributed by atoms with E-state index in [1.54, 1.807) is 0 Å². The Morgan fingerprint density at radius 2 is 2.06 bits per heavy atom. The number of nitrogens with zero attached hydrogens (tertiary/aromatic N) is 2. The van der Waals surface area contributed by atoms with Crippen molar-refractivity contribution in [3.8, 4) is 0 Å². The number of alkyl halides is 3. The summed E-state index contributed by atoms with van der Waals surface area (Å²) in [5.41, 5.74) is -0.487. The molecule has 0 radical (unpaired) electrons. The van der Waals surface area contributed by atoms with E-state index in [0.717, 1.165) is 38.1 Å². The Morgan fingerprint density at radius 1 is 1.24 bits per heavy atom. The maximum Gasteiger partial charge on any atom is 0.416 e. The predicted octanol–water partition coefficient (Wildman–Crippen LogP) is 1.40. The number of carbonyl (C=O) groups is 1. The Labute approximate surface area is 193 Å². The summed E-state index contributed by atoms with van der Waals surface area (Å²) >= 11 is 1.26. The quantitative estimate of drug-likeness (QED) is 0.522. The van der Waals surface area contributed by atoms with Gasteiger partial charge in [0.05, 0.1) is 35.2 Å². The summed E-state index contributed by atoms with van der Waals surface area (Å²) < 4.78 is 45.5. The minimum absolute atomic E-state index is 0.182. The first kappa shape index (κ1) is 22.9. The average Bonchev–Trinajstić information content (AvgIpc) is 3.22. The van der Waals surface area contributed by atoms with Crippen LogP contribution in [0.25, 0.3) is 10.2 Å². The van der Waals surface area contributed by atoms with Gasteiger partial charge < -0.3 is 15.4 Å². The molecule has 33 heavy (non-hydrogen) atoms. The molecular formula is C21H27F3N6O2S. The van der Waals surface area contributed by atoms with E-state index in [1.807, 2.05) is 0 Å². The zero-order valence-corrected chi connectivity index (χ0v) is 18.8. The van der Waals surface area contributed by atoms with Crippen molar-refractivity contribution < 1.29 is 22.7 Å². The molecule has 1 aromatic carbocycles. The number of rotatable bonds is 4. The first-order chi connectivity index (χ1) is 15.9. The number of morpholine rings is 1. The van der Waals surface area contributed by atoms with Gasteiger partial charge in [0.2, 0.25) is 5.91 Å². The second kappa shape index (κ2) is 9.43. The predicted molar refractivity (Wildman–Crippen MR) is 118 cm³/mol. The number of piperidine rings is 1. The van der Waals surface area contributed by atoms with Gasteiger partial charge in [-0.3, -0.25) is 20.3 Å². The molecule has 4 N–H and O–H groups in total. The van der Waals surface area contributed by atoms with Gasteiger partial charge >= 0.3 is 6.18 Å². The smallest absolute Gasteiger partial charge is 0.379 e. The van der Waals surface area contributed by atoms with E-state index >= 15 is 0 Å². The lowest BCUT2D eigenvalue weighted by molar-refractivity contribution is -0.137. The fraction of sp³-hybridized carbons (Fsp3) is 0.619. The van der Waals surface area contributed by atoms with E-state index in [9.17, 15) is 18.0 Å². The number of fused-ring (bicyclic) bond motifs is 1. The van der Waals surface area contributed by atoms with E-state index in [-0.39, 0.29) is 23.8 Å². The van der Waals surface area contributed by atoms with Crippen LogP contribution in [0.1, 0.15) is 29.3 Å². The maximum atomic E-state index is 13.3. The summed E-state index contributed by atoms with van der Waals surface area (Å²) in [7, 11) is 0. The normalized spacial score (nSPS) is 29.8. The topological polar surface area (TPSA) is 90.6 Å². The first-order valence-electron chi connectivity index (χ1n) is 11.2. The molecule has 180 valence electrons. The van der Waals surface area contributed by atoms with E-state index in [1.165, 1.54) is 17.4 Å². The van der Waals surface area contributed by atoms with Gasteiger partial charge in [-0.1, -0.05) is 0 Å². The second-order valence-corrected chi connectivity index (χ2v) is 9.69. The number of hydrogen-bond acceptors (Lipinski definition) is 8. The summed E-state index contributed by atoms with van der Waals surface area (Å²) in [5.74, 6) is -0.849. The maximum absolute atomic E-state index is 13.3. The molecule has 1 amide bonds. The molecule has 2 aromatic rings. The van der Waals surface area contributed by atoms with Crippen LogP contribution in [0, 0.1) is 0 Å². The minimum Gasteiger partial charge on any atom is -0.379 e. The molecule has 3 saturated heterocycles. The number of nitrogens with one attached hydrogen (secondary N) is 4. The molecule has 4 atom stereocenters. The third kappa shape index (κ3) is 5.00. The van der Waals surface area contributed by atoms with Crippen LogP contribution in [0.15, 0.2) is 18.2 Å². The standard InChI is InChI=1S/C21H27F3N6O2S/c22-21(23,24)12-3-4-15-14(10-12)27-19(33-15)16-17(26-13-2-1-5-25-11-13)28-20(29-18(16)31)30-6-8-32-9-7-30/h3-4,10,13,16-17,20,25-26,28H,1-2,5-9,11H2,(H,29,31)/t13-,16?,17?,20?/m1/s1. The van der Waals surface area contributed by atoms with Crippen LogP contribution in [0.4, 0.5) is 13.2 Å². The molecule has 3 unspecified atom stereocenters. The van der Waals surface area contributed by atoms with Gasteiger partial charge in [-0.2, -0.15) is 13.2 Å². The molecule has 0 bridgehead atoms. The molecule has 4 heterocycles. The van der Waals surface area contributed by atoms with Gasteiger partial charge in [0.25, 0.3) is 0 Å². The Hall–Kier alpha value is -1.83. The molecule has 3 fully saturated rings. The number of amides is 1. The van der Waals surface area contributed by atoms with Crippen LogP contribution in [-0.4, -0.2) is 73.7 Å². The van der Waals surface area contributed by atoms with Crippen molar-refractivity contribution in [3.63, 3.8) is 0 Å². The number of ether oxygens (including phenoxy) is 1. The monoisotopic (exact) mass is 484 g/mol. The summed E-state index contributed by atoms with van der Waals surface area (Å²) in [6, 6.07) is 3.72. The third-order valence-corrected chi connectivity index (χ3v) is 7.47. The van der Waals surface area contributed by atoms with Crippen molar-refractivity contribution in [2.45, 2.75) is 43.4 Å². The van der Waals surface area contributed by atoms with Crippen LogP contribution >= 0.6 is 11.3 Å². The lowest BCUT2D eigenvalue weighted by atomic mass is 10.00. The average molecular weight is 485 g/mol. The van der Waals surface area contributed by atoms with Crippen LogP contribution in [-0.2, 0) is 15.7 Å². The molecule has 1 aromatic heterocycles.